The van der Waals surface area contributed by atoms with E-state index in [4.69, 9.17) is 18.6 Å². The van der Waals surface area contributed by atoms with Gasteiger partial charge >= 0.3 is 122 Å². The Hall–Kier alpha value is -0.266. The number of halogens is 2. The SMILES string of the molecule is [Cl][Ti]([Cl])[CH2]C1(C2C=Cc3ccccc32)C=CC=C1. The molecule has 2 aliphatic carbocycles. The van der Waals surface area contributed by atoms with Crippen molar-refractivity contribution in [1.29, 1.82) is 0 Å². The second kappa shape index (κ2) is 5.02. The van der Waals surface area contributed by atoms with E-state index in [-0.39, 0.29) is 5.41 Å². The van der Waals surface area contributed by atoms with Gasteiger partial charge in [-0.05, 0) is 0 Å². The Kier molecular flexibility index (Phi) is 3.55. The molecule has 0 heterocycles. The van der Waals surface area contributed by atoms with Gasteiger partial charge in [-0.15, -0.1) is 0 Å². The standard InChI is InChI=1S/C15H13.2ClH.Ti/c1-15(10-4-5-11-15)14-9-8-12-6-2-3-7-13(12)14;;;/h2-11,14H,1H2;2*1H;/q;;;+2/p-2. The summed E-state index contributed by atoms with van der Waals surface area (Å²) < 4.78 is 0.909. The van der Waals surface area contributed by atoms with Crippen molar-refractivity contribution in [1.82, 2.24) is 0 Å². The van der Waals surface area contributed by atoms with Crippen LogP contribution in [-0.4, -0.2) is 0 Å². The van der Waals surface area contributed by atoms with Crippen LogP contribution in [0.5, 0.6) is 0 Å². The summed E-state index contributed by atoms with van der Waals surface area (Å²) in [6.45, 7) is 0. The molecule has 0 bridgehead atoms. The fourth-order valence-corrected chi connectivity index (χ4v) is 6.25. The Morgan fingerprint density at radius 2 is 1.83 bits per heavy atom. The maximum absolute atomic E-state index is 6.19. The first-order valence-electron chi connectivity index (χ1n) is 6.02. The Labute approximate surface area is 122 Å². The van der Waals surface area contributed by atoms with Crippen molar-refractivity contribution in [2.45, 2.75) is 10.6 Å². The zero-order valence-electron chi connectivity index (χ0n) is 9.81. The Balaban J connectivity index is 2.02. The minimum atomic E-state index is -1.91. The maximum atomic E-state index is 6.19. The minimum absolute atomic E-state index is 0.00192. The van der Waals surface area contributed by atoms with E-state index in [1.165, 1.54) is 11.1 Å². The summed E-state index contributed by atoms with van der Waals surface area (Å²) in [4.78, 5) is 0. The number of rotatable bonds is 3. The molecule has 0 nitrogen and oxygen atoms in total. The molecule has 2 aliphatic rings. The number of hydrogen-bond acceptors (Lipinski definition) is 0. The van der Waals surface area contributed by atoms with Crippen LogP contribution in [0, 0.1) is 5.41 Å². The van der Waals surface area contributed by atoms with Crippen molar-refractivity contribution in [3.63, 3.8) is 0 Å². The molecular weight excluding hydrogens is 299 g/mol. The summed E-state index contributed by atoms with van der Waals surface area (Å²) in [7, 11) is 12.4. The van der Waals surface area contributed by atoms with E-state index in [0.29, 0.717) is 5.92 Å². The second-order valence-electron chi connectivity index (χ2n) is 4.81. The molecule has 1 atom stereocenters. The molecule has 1 unspecified atom stereocenters. The molecule has 0 aliphatic heterocycles. The summed E-state index contributed by atoms with van der Waals surface area (Å²) in [5.74, 6) is 0.378. The fourth-order valence-electron chi connectivity index (χ4n) is 2.91. The van der Waals surface area contributed by atoms with Gasteiger partial charge in [0.15, 0.2) is 0 Å². The third-order valence-electron chi connectivity index (χ3n) is 3.74. The van der Waals surface area contributed by atoms with Crippen molar-refractivity contribution in [2.24, 2.45) is 5.41 Å². The Morgan fingerprint density at radius 3 is 2.56 bits per heavy atom. The molecular formula is C15H13Cl2Ti. The van der Waals surface area contributed by atoms with Crippen molar-refractivity contribution < 1.29 is 15.7 Å². The third kappa shape index (κ3) is 2.16. The van der Waals surface area contributed by atoms with Crippen molar-refractivity contribution in [2.75, 3.05) is 0 Å². The molecule has 0 saturated heterocycles. The van der Waals surface area contributed by atoms with E-state index in [1.807, 2.05) is 0 Å². The van der Waals surface area contributed by atoms with Gasteiger partial charge in [-0.25, -0.2) is 0 Å². The van der Waals surface area contributed by atoms with Crippen LogP contribution in [0.3, 0.4) is 0 Å². The normalized spacial score (nSPS) is 22.4. The molecule has 0 fully saturated rings. The molecule has 0 radical (unpaired) electrons. The second-order valence-corrected chi connectivity index (χ2v) is 11.0. The topological polar surface area (TPSA) is 0 Å². The molecule has 91 valence electrons. The van der Waals surface area contributed by atoms with E-state index in [2.05, 4.69) is 60.7 Å². The van der Waals surface area contributed by atoms with Crippen molar-refractivity contribution >= 4 is 24.7 Å². The summed E-state index contributed by atoms with van der Waals surface area (Å²) in [5.41, 5.74) is 2.71. The summed E-state index contributed by atoms with van der Waals surface area (Å²) >= 11 is -1.91. The predicted octanol–water partition coefficient (Wildman–Crippen LogP) is 5.25. The third-order valence-corrected chi connectivity index (χ3v) is 6.22. The van der Waals surface area contributed by atoms with E-state index in [0.717, 1.165) is 4.73 Å². The van der Waals surface area contributed by atoms with E-state index >= 15 is 0 Å². The quantitative estimate of drug-likeness (QED) is 0.668. The molecule has 0 amide bonds. The first kappa shape index (κ1) is 12.8. The van der Waals surface area contributed by atoms with Crippen LogP contribution in [0.15, 0.2) is 54.6 Å². The molecule has 1 aromatic rings. The van der Waals surface area contributed by atoms with Crippen LogP contribution >= 0.6 is 18.6 Å². The molecule has 0 saturated carbocycles. The van der Waals surface area contributed by atoms with Gasteiger partial charge in [0, 0.05) is 0 Å². The molecule has 18 heavy (non-hydrogen) atoms. The van der Waals surface area contributed by atoms with Crippen molar-refractivity contribution in [3.8, 4) is 0 Å². The predicted molar refractivity (Wildman–Crippen MR) is 75.4 cm³/mol. The van der Waals surface area contributed by atoms with Crippen LogP contribution in [0.4, 0.5) is 0 Å². The van der Waals surface area contributed by atoms with E-state index in [1.54, 1.807) is 0 Å². The molecule has 0 N–H and O–H groups in total. The van der Waals surface area contributed by atoms with Gasteiger partial charge in [0.05, 0.1) is 0 Å². The van der Waals surface area contributed by atoms with Gasteiger partial charge in [0.1, 0.15) is 0 Å². The van der Waals surface area contributed by atoms with Gasteiger partial charge in [-0.1, -0.05) is 0 Å². The van der Waals surface area contributed by atoms with Gasteiger partial charge in [0.2, 0.25) is 0 Å². The fraction of sp³-hybridized carbons (Fsp3) is 0.200. The zero-order chi connectivity index (χ0) is 12.6. The number of benzene rings is 1. The number of hydrogen-bond donors (Lipinski definition) is 0. The molecule has 0 spiro atoms. The van der Waals surface area contributed by atoms with E-state index in [9.17, 15) is 0 Å². The average molecular weight is 312 g/mol. The molecule has 1 aromatic carbocycles. The van der Waals surface area contributed by atoms with Crippen molar-refractivity contribution in [3.05, 3.63) is 65.8 Å². The summed E-state index contributed by atoms with van der Waals surface area (Å²) in [6, 6.07) is 8.57. The summed E-state index contributed by atoms with van der Waals surface area (Å²) in [5, 5.41) is 0. The first-order chi connectivity index (χ1) is 8.71. The van der Waals surface area contributed by atoms with Gasteiger partial charge in [-0.3, -0.25) is 0 Å². The first-order valence-corrected chi connectivity index (χ1v) is 11.4. The van der Waals surface area contributed by atoms with Crippen LogP contribution < -0.4 is 0 Å². The van der Waals surface area contributed by atoms with Gasteiger partial charge < -0.3 is 0 Å². The molecule has 3 heteroatoms. The van der Waals surface area contributed by atoms with Crippen LogP contribution in [0.2, 0.25) is 4.73 Å². The van der Waals surface area contributed by atoms with Crippen LogP contribution in [0.25, 0.3) is 6.08 Å². The van der Waals surface area contributed by atoms with Crippen LogP contribution in [-0.2, 0) is 15.7 Å². The Bertz CT molecular complexity index is 531. The Morgan fingerprint density at radius 1 is 1.11 bits per heavy atom. The van der Waals surface area contributed by atoms with Gasteiger partial charge in [0.25, 0.3) is 0 Å². The zero-order valence-corrected chi connectivity index (χ0v) is 12.9. The monoisotopic (exact) mass is 311 g/mol. The summed E-state index contributed by atoms with van der Waals surface area (Å²) in [6.07, 6.45) is 13.3. The number of allylic oxidation sites excluding steroid dienone is 5. The molecule has 3 rings (SSSR count). The molecule has 0 aromatic heterocycles. The van der Waals surface area contributed by atoms with Crippen LogP contribution in [0.1, 0.15) is 17.0 Å². The van der Waals surface area contributed by atoms with Gasteiger partial charge in [-0.2, -0.15) is 0 Å². The average Bonchev–Trinajstić information content (AvgIpc) is 2.94. The number of fused-ring (bicyclic) bond motifs is 1. The van der Waals surface area contributed by atoms with E-state index < -0.39 is 15.7 Å².